The van der Waals surface area contributed by atoms with Crippen molar-refractivity contribution in [2.75, 3.05) is 19.1 Å². The van der Waals surface area contributed by atoms with Crippen LogP contribution < -0.4 is 10.5 Å². The van der Waals surface area contributed by atoms with Crippen molar-refractivity contribution in [3.63, 3.8) is 0 Å². The van der Waals surface area contributed by atoms with Gasteiger partial charge in [-0.1, -0.05) is 54.6 Å². The summed E-state index contributed by atoms with van der Waals surface area (Å²) in [5.74, 6) is -3.51. The Bertz CT molecular complexity index is 1800. The van der Waals surface area contributed by atoms with E-state index in [1.54, 1.807) is 66.7 Å². The molecule has 0 fully saturated rings. The lowest BCUT2D eigenvalue weighted by Crippen LogP contribution is -2.45. The third-order valence-corrected chi connectivity index (χ3v) is 6.83. The monoisotopic (exact) mass is 580 g/mol. The SMILES string of the molecule is COC(=O)C1=C(C)/C(=C/C=CC=Cc2c(C)c(C(=O)OC)c(=O)n(-c3ccccc3)c2O)C(=O)N(c2ccccc2)C1=O. The largest absolute Gasteiger partial charge is 0.494 e. The van der Waals surface area contributed by atoms with Gasteiger partial charge in [0.1, 0.15) is 11.1 Å². The fourth-order valence-corrected chi connectivity index (χ4v) is 4.65. The van der Waals surface area contributed by atoms with Gasteiger partial charge in [-0.05, 0) is 61.4 Å². The number of methoxy groups -OCH3 is 2. The Balaban J connectivity index is 1.77. The van der Waals surface area contributed by atoms with E-state index in [4.69, 9.17) is 9.47 Å². The number of aromatic hydroxyl groups is 1. The van der Waals surface area contributed by atoms with Crippen LogP contribution in [-0.4, -0.2) is 47.6 Å². The van der Waals surface area contributed by atoms with Crippen molar-refractivity contribution in [3.05, 3.63) is 129 Å². The smallest absolute Gasteiger partial charge is 0.343 e. The first-order valence-corrected chi connectivity index (χ1v) is 13.0. The molecule has 43 heavy (non-hydrogen) atoms. The lowest BCUT2D eigenvalue weighted by Gasteiger charge is -2.28. The summed E-state index contributed by atoms with van der Waals surface area (Å²) in [6.45, 7) is 3.01. The van der Waals surface area contributed by atoms with Crippen LogP contribution in [0.1, 0.15) is 28.4 Å². The van der Waals surface area contributed by atoms with Crippen LogP contribution in [0.15, 0.2) is 106 Å². The standard InChI is InChI=1S/C33H28N2O8/c1-20-24(28(36)34(22-14-8-5-9-15-22)30(38)26(20)32(40)42-3)18-12-7-13-19-25-21(2)27(33(41)43-4)31(39)35(29(25)37)23-16-10-6-11-17-23/h5-19,36H,1-4H3/b13-7?,18-12?,25-19-. The maximum absolute atomic E-state index is 13.4. The van der Waals surface area contributed by atoms with Crippen LogP contribution in [-0.2, 0) is 23.9 Å². The van der Waals surface area contributed by atoms with E-state index in [0.29, 0.717) is 11.4 Å². The van der Waals surface area contributed by atoms with Crippen molar-refractivity contribution in [1.82, 2.24) is 4.57 Å². The number of amides is 2. The molecule has 1 aliphatic heterocycles. The number of anilines is 1. The highest BCUT2D eigenvalue weighted by atomic mass is 16.5. The number of benzene rings is 2. The summed E-state index contributed by atoms with van der Waals surface area (Å²) in [5.41, 5.74) is 0.0774. The van der Waals surface area contributed by atoms with Gasteiger partial charge in [-0.3, -0.25) is 14.4 Å². The number of hydrogen-bond donors (Lipinski definition) is 1. The number of carbonyl (C=O) groups is 4. The molecule has 1 N–H and O–H groups in total. The second-order valence-electron chi connectivity index (χ2n) is 9.30. The fraction of sp³-hybridized carbons (Fsp3) is 0.121. The molecule has 0 radical (unpaired) electrons. The number of carbonyl (C=O) groups excluding carboxylic acids is 4. The van der Waals surface area contributed by atoms with Crippen LogP contribution >= 0.6 is 0 Å². The molecule has 0 saturated heterocycles. The first-order valence-electron chi connectivity index (χ1n) is 13.0. The molecular formula is C33H28N2O8. The van der Waals surface area contributed by atoms with Crippen molar-refractivity contribution in [3.8, 4) is 11.6 Å². The number of ether oxygens (including phenoxy) is 2. The molecule has 2 amide bonds. The lowest BCUT2D eigenvalue weighted by atomic mass is 9.93. The van der Waals surface area contributed by atoms with E-state index in [-0.39, 0.29) is 39.3 Å². The molecule has 0 spiro atoms. The van der Waals surface area contributed by atoms with Crippen LogP contribution in [0.3, 0.4) is 0 Å². The highest BCUT2D eigenvalue weighted by molar-refractivity contribution is 6.36. The molecule has 10 nitrogen and oxygen atoms in total. The Morgan fingerprint density at radius 2 is 1.35 bits per heavy atom. The fourth-order valence-electron chi connectivity index (χ4n) is 4.65. The average molecular weight is 581 g/mol. The Hall–Kier alpha value is -5.77. The first kappa shape index (κ1) is 30.2. The number of esters is 2. The lowest BCUT2D eigenvalue weighted by molar-refractivity contribution is -0.138. The molecule has 3 aromatic rings. The Morgan fingerprint density at radius 3 is 1.93 bits per heavy atom. The zero-order valence-corrected chi connectivity index (χ0v) is 23.9. The zero-order chi connectivity index (χ0) is 31.3. The minimum atomic E-state index is -0.869. The van der Waals surface area contributed by atoms with Gasteiger partial charge in [-0.2, -0.15) is 0 Å². The summed E-state index contributed by atoms with van der Waals surface area (Å²) >= 11 is 0. The van der Waals surface area contributed by atoms with E-state index in [1.807, 2.05) is 0 Å². The minimum absolute atomic E-state index is 0.0955. The van der Waals surface area contributed by atoms with Gasteiger partial charge in [0.2, 0.25) is 5.88 Å². The van der Waals surface area contributed by atoms with Crippen molar-refractivity contribution in [2.24, 2.45) is 0 Å². The molecule has 0 saturated carbocycles. The molecule has 2 aromatic carbocycles. The third-order valence-electron chi connectivity index (χ3n) is 6.83. The number of nitrogens with zero attached hydrogens (tertiary/aromatic N) is 2. The highest BCUT2D eigenvalue weighted by Crippen LogP contribution is 2.30. The molecule has 4 rings (SSSR count). The number of rotatable bonds is 7. The predicted molar refractivity (Wildman–Crippen MR) is 160 cm³/mol. The van der Waals surface area contributed by atoms with Crippen molar-refractivity contribution >= 4 is 35.5 Å². The molecule has 218 valence electrons. The van der Waals surface area contributed by atoms with Crippen LogP contribution in [0.4, 0.5) is 5.69 Å². The van der Waals surface area contributed by atoms with Gasteiger partial charge in [-0.15, -0.1) is 0 Å². The Labute approximate surface area is 247 Å². The number of aromatic nitrogens is 1. The number of pyridine rings is 1. The number of para-hydroxylation sites is 2. The number of imide groups is 1. The summed E-state index contributed by atoms with van der Waals surface area (Å²) in [7, 11) is 2.31. The minimum Gasteiger partial charge on any atom is -0.494 e. The molecule has 2 heterocycles. The van der Waals surface area contributed by atoms with Crippen LogP contribution in [0.2, 0.25) is 0 Å². The first-order chi connectivity index (χ1) is 20.6. The van der Waals surface area contributed by atoms with Crippen molar-refractivity contribution in [2.45, 2.75) is 13.8 Å². The van der Waals surface area contributed by atoms with E-state index < -0.39 is 29.3 Å². The molecule has 0 atom stereocenters. The van der Waals surface area contributed by atoms with E-state index in [2.05, 4.69) is 0 Å². The van der Waals surface area contributed by atoms with Gasteiger partial charge in [0, 0.05) is 11.1 Å². The summed E-state index contributed by atoms with van der Waals surface area (Å²) in [6, 6.07) is 16.6. The van der Waals surface area contributed by atoms with Crippen LogP contribution in [0.5, 0.6) is 5.88 Å². The average Bonchev–Trinajstić information content (AvgIpc) is 3.00. The van der Waals surface area contributed by atoms with Crippen molar-refractivity contribution < 1.29 is 33.8 Å². The normalized spacial score (nSPS) is 14.7. The second-order valence-corrected chi connectivity index (χ2v) is 9.30. The van der Waals surface area contributed by atoms with E-state index in [9.17, 15) is 29.1 Å². The molecule has 10 heteroatoms. The molecule has 0 aliphatic carbocycles. The highest BCUT2D eigenvalue weighted by Gasteiger charge is 2.39. The molecular weight excluding hydrogens is 552 g/mol. The van der Waals surface area contributed by atoms with E-state index in [1.165, 1.54) is 38.2 Å². The summed E-state index contributed by atoms with van der Waals surface area (Å²) < 4.78 is 10.6. The summed E-state index contributed by atoms with van der Waals surface area (Å²) in [5, 5.41) is 11.1. The number of allylic oxidation sites excluding steroid dienone is 4. The van der Waals surface area contributed by atoms with Gasteiger partial charge in [0.25, 0.3) is 17.4 Å². The Kier molecular flexibility index (Phi) is 9.00. The topological polar surface area (TPSA) is 132 Å². The van der Waals surface area contributed by atoms with Gasteiger partial charge in [0.05, 0.1) is 25.6 Å². The zero-order valence-electron chi connectivity index (χ0n) is 23.9. The van der Waals surface area contributed by atoms with Crippen LogP contribution in [0, 0.1) is 6.92 Å². The molecule has 1 aliphatic rings. The maximum Gasteiger partial charge on any atom is 0.343 e. The third kappa shape index (κ3) is 5.71. The van der Waals surface area contributed by atoms with Gasteiger partial charge < -0.3 is 14.6 Å². The quantitative estimate of drug-likeness (QED) is 0.145. The number of hydrogen-bond acceptors (Lipinski definition) is 8. The van der Waals surface area contributed by atoms with Gasteiger partial charge >= 0.3 is 11.9 Å². The Morgan fingerprint density at radius 1 is 0.767 bits per heavy atom. The molecule has 0 bridgehead atoms. The summed E-state index contributed by atoms with van der Waals surface area (Å²) in [4.78, 5) is 65.6. The molecule has 0 unspecified atom stereocenters. The van der Waals surface area contributed by atoms with E-state index >= 15 is 0 Å². The molecule has 1 aromatic heterocycles. The maximum atomic E-state index is 13.4. The van der Waals surface area contributed by atoms with E-state index in [0.717, 1.165) is 23.7 Å². The summed E-state index contributed by atoms with van der Waals surface area (Å²) in [6.07, 6.45) is 7.54. The van der Waals surface area contributed by atoms with Gasteiger partial charge in [0.15, 0.2) is 0 Å². The predicted octanol–water partition coefficient (Wildman–Crippen LogP) is 4.20. The van der Waals surface area contributed by atoms with Crippen molar-refractivity contribution in [1.29, 1.82) is 0 Å². The van der Waals surface area contributed by atoms with Crippen LogP contribution in [0.25, 0.3) is 11.8 Å². The van der Waals surface area contributed by atoms with Gasteiger partial charge in [-0.25, -0.2) is 19.1 Å². The second kappa shape index (κ2) is 12.8.